The van der Waals surface area contributed by atoms with Crippen molar-refractivity contribution in [1.82, 2.24) is 19.3 Å². The van der Waals surface area contributed by atoms with Gasteiger partial charge in [-0.3, -0.25) is 24.3 Å². The molecule has 11 heteroatoms. The Morgan fingerprint density at radius 2 is 2.03 bits per heavy atom. The van der Waals surface area contributed by atoms with Crippen LogP contribution in [0.25, 0.3) is 16.7 Å². The summed E-state index contributed by atoms with van der Waals surface area (Å²) in [7, 11) is 1.31. The number of rotatable bonds is 6. The summed E-state index contributed by atoms with van der Waals surface area (Å²) in [6, 6.07) is 9.67. The number of halogens is 1. The van der Waals surface area contributed by atoms with Crippen molar-refractivity contribution in [1.29, 1.82) is 0 Å². The van der Waals surface area contributed by atoms with E-state index in [1.807, 2.05) is 0 Å². The van der Waals surface area contributed by atoms with Crippen LogP contribution in [-0.4, -0.2) is 37.1 Å². The first-order valence-electron chi connectivity index (χ1n) is 8.94. The van der Waals surface area contributed by atoms with Crippen LogP contribution < -0.4 is 10.3 Å². The molecule has 0 aliphatic rings. The highest BCUT2D eigenvalue weighted by Gasteiger charge is 2.20. The van der Waals surface area contributed by atoms with E-state index in [2.05, 4.69) is 10.1 Å². The highest BCUT2D eigenvalue weighted by molar-refractivity contribution is 5.96. The number of hydrogen-bond acceptors (Lipinski definition) is 7. The quantitative estimate of drug-likeness (QED) is 0.265. The maximum atomic E-state index is 13.9. The maximum absolute atomic E-state index is 13.9. The summed E-state index contributed by atoms with van der Waals surface area (Å²) in [6.45, 7) is -0.371. The van der Waals surface area contributed by atoms with Gasteiger partial charge >= 0.3 is 0 Å². The van der Waals surface area contributed by atoms with E-state index in [1.54, 1.807) is 6.07 Å². The predicted octanol–water partition coefficient (Wildman–Crippen LogP) is 2.52. The number of fused-ring (bicyclic) bond motifs is 1. The Balaban J connectivity index is 1.70. The van der Waals surface area contributed by atoms with Gasteiger partial charge in [-0.05, 0) is 24.3 Å². The average molecular weight is 423 g/mol. The molecule has 0 bridgehead atoms. The zero-order chi connectivity index (χ0) is 22.1. The van der Waals surface area contributed by atoms with E-state index in [-0.39, 0.29) is 40.3 Å². The zero-order valence-electron chi connectivity index (χ0n) is 16.1. The van der Waals surface area contributed by atoms with Gasteiger partial charge in [0.15, 0.2) is 23.0 Å². The lowest BCUT2D eigenvalue weighted by atomic mass is 10.1. The molecule has 156 valence electrons. The lowest BCUT2D eigenvalue weighted by Crippen LogP contribution is -2.24. The van der Waals surface area contributed by atoms with Gasteiger partial charge in [-0.15, -0.1) is 0 Å². The minimum absolute atomic E-state index is 0.000720. The van der Waals surface area contributed by atoms with Crippen LogP contribution in [0.1, 0.15) is 10.4 Å². The molecule has 0 spiro atoms. The van der Waals surface area contributed by atoms with Crippen molar-refractivity contribution >= 4 is 22.5 Å². The third-order valence-electron chi connectivity index (χ3n) is 4.65. The van der Waals surface area contributed by atoms with Crippen molar-refractivity contribution in [3.8, 4) is 11.4 Å². The normalized spacial score (nSPS) is 10.9. The number of nitro benzene ring substituents is 1. The van der Waals surface area contributed by atoms with E-state index >= 15 is 0 Å². The predicted molar refractivity (Wildman–Crippen MR) is 107 cm³/mol. The molecule has 0 aliphatic heterocycles. The molecule has 2 aromatic carbocycles. The highest BCUT2D eigenvalue weighted by Crippen LogP contribution is 2.24. The van der Waals surface area contributed by atoms with Crippen LogP contribution in [0.15, 0.2) is 59.8 Å². The van der Waals surface area contributed by atoms with Crippen LogP contribution in [0, 0.1) is 15.9 Å². The van der Waals surface area contributed by atoms with Gasteiger partial charge < -0.3 is 4.74 Å². The van der Waals surface area contributed by atoms with Crippen LogP contribution in [0.2, 0.25) is 0 Å². The lowest BCUT2D eigenvalue weighted by Gasteiger charge is -2.07. The van der Waals surface area contributed by atoms with Gasteiger partial charge in [0.05, 0.1) is 24.8 Å². The Kier molecular flexibility index (Phi) is 4.99. The topological polar surface area (TPSA) is 122 Å². The molecule has 4 aromatic rings. The number of benzene rings is 2. The molecule has 0 atom stereocenters. The van der Waals surface area contributed by atoms with Crippen molar-refractivity contribution in [2.45, 2.75) is 6.54 Å². The van der Waals surface area contributed by atoms with Gasteiger partial charge in [-0.25, -0.2) is 14.1 Å². The highest BCUT2D eigenvalue weighted by atomic mass is 19.1. The van der Waals surface area contributed by atoms with Gasteiger partial charge in [-0.1, -0.05) is 12.1 Å². The number of aromatic nitrogens is 4. The number of nitro groups is 1. The molecule has 4 rings (SSSR count). The van der Waals surface area contributed by atoms with E-state index in [9.17, 15) is 24.1 Å². The van der Waals surface area contributed by atoms with Crippen molar-refractivity contribution in [2.75, 3.05) is 7.11 Å². The van der Waals surface area contributed by atoms with Crippen molar-refractivity contribution in [3.63, 3.8) is 0 Å². The molecule has 31 heavy (non-hydrogen) atoms. The second-order valence-electron chi connectivity index (χ2n) is 6.49. The third kappa shape index (κ3) is 3.52. The van der Waals surface area contributed by atoms with Gasteiger partial charge in [0.2, 0.25) is 0 Å². The molecule has 0 radical (unpaired) electrons. The van der Waals surface area contributed by atoms with Gasteiger partial charge in [-0.2, -0.15) is 5.10 Å². The molecule has 0 N–H and O–H groups in total. The first-order valence-corrected chi connectivity index (χ1v) is 8.94. The summed E-state index contributed by atoms with van der Waals surface area (Å²) >= 11 is 0. The summed E-state index contributed by atoms with van der Waals surface area (Å²) in [5.74, 6) is -1.20. The fourth-order valence-corrected chi connectivity index (χ4v) is 3.12. The van der Waals surface area contributed by atoms with Crippen LogP contribution in [0.5, 0.6) is 5.75 Å². The molecule has 0 unspecified atom stereocenters. The number of ether oxygens (including phenoxy) is 1. The maximum Gasteiger partial charge on any atom is 0.294 e. The Hall–Kier alpha value is -4.41. The number of para-hydroxylation sites is 2. The van der Waals surface area contributed by atoms with E-state index < -0.39 is 22.1 Å². The summed E-state index contributed by atoms with van der Waals surface area (Å²) in [4.78, 5) is 40.2. The minimum atomic E-state index is -0.694. The van der Waals surface area contributed by atoms with Crippen LogP contribution in [0.3, 0.4) is 0 Å². The molecule has 0 saturated carbocycles. The Labute approximate surface area is 173 Å². The molecule has 2 aromatic heterocycles. The number of ketones is 1. The number of nitrogens with zero attached hydrogens (tertiary/aromatic N) is 5. The van der Waals surface area contributed by atoms with E-state index in [1.165, 1.54) is 48.3 Å². The Bertz CT molecular complexity index is 1390. The summed E-state index contributed by atoms with van der Waals surface area (Å²) in [6.07, 6.45) is 2.38. The lowest BCUT2D eigenvalue weighted by molar-refractivity contribution is -0.384. The van der Waals surface area contributed by atoms with Gasteiger partial charge in [0.25, 0.3) is 11.2 Å². The van der Waals surface area contributed by atoms with Crippen LogP contribution >= 0.6 is 0 Å². The van der Waals surface area contributed by atoms with E-state index in [4.69, 9.17) is 4.74 Å². The van der Waals surface area contributed by atoms with Crippen LogP contribution in [0.4, 0.5) is 10.1 Å². The van der Waals surface area contributed by atoms with E-state index in [0.717, 1.165) is 17.0 Å². The smallest absolute Gasteiger partial charge is 0.294 e. The molecule has 0 amide bonds. The first-order chi connectivity index (χ1) is 14.9. The standard InChI is InChI=1S/C20H14FN5O5/c1-31-18-7-6-12(8-14(18)21)17(27)10-24-11-22-19-13(20(24)28)9-23-25(19)15-4-2-3-5-16(15)26(29)30/h2-9,11H,10H2,1H3. The van der Waals surface area contributed by atoms with Crippen molar-refractivity contribution in [2.24, 2.45) is 0 Å². The molecule has 10 nitrogen and oxygen atoms in total. The molecular weight excluding hydrogens is 409 g/mol. The molecular formula is C20H14FN5O5. The number of carbonyl (C=O) groups excluding carboxylic acids is 1. The Morgan fingerprint density at radius 3 is 2.74 bits per heavy atom. The number of Topliss-reactive ketones (excluding diaryl/α,β-unsaturated/α-hetero) is 1. The molecule has 0 fully saturated rings. The average Bonchev–Trinajstić information content (AvgIpc) is 3.20. The Morgan fingerprint density at radius 1 is 1.26 bits per heavy atom. The second-order valence-corrected chi connectivity index (χ2v) is 6.49. The van der Waals surface area contributed by atoms with E-state index in [0.29, 0.717) is 0 Å². The zero-order valence-corrected chi connectivity index (χ0v) is 16.1. The van der Waals surface area contributed by atoms with Crippen LogP contribution in [-0.2, 0) is 6.54 Å². The third-order valence-corrected chi connectivity index (χ3v) is 4.65. The minimum Gasteiger partial charge on any atom is -0.494 e. The fraction of sp³-hybridized carbons (Fsp3) is 0.100. The summed E-state index contributed by atoms with van der Waals surface area (Å²) < 4.78 is 21.0. The monoisotopic (exact) mass is 423 g/mol. The van der Waals surface area contributed by atoms with Crippen molar-refractivity contribution in [3.05, 3.63) is 86.8 Å². The summed E-state index contributed by atoms with van der Waals surface area (Å²) in [5, 5.41) is 15.4. The second kappa shape index (κ2) is 7.78. The number of carbonyl (C=O) groups is 1. The number of hydrogen-bond donors (Lipinski definition) is 0. The number of methoxy groups -OCH3 is 1. The van der Waals surface area contributed by atoms with Gasteiger partial charge in [0.1, 0.15) is 17.4 Å². The molecule has 2 heterocycles. The fourth-order valence-electron chi connectivity index (χ4n) is 3.12. The largest absolute Gasteiger partial charge is 0.494 e. The SMILES string of the molecule is COc1ccc(C(=O)Cn2cnc3c(cnn3-c3ccccc3[N+](=O)[O-])c2=O)cc1F. The summed E-state index contributed by atoms with van der Waals surface area (Å²) in [5.41, 5.74) is -0.427. The van der Waals surface area contributed by atoms with Crippen molar-refractivity contribution < 1.29 is 18.8 Å². The first kappa shape index (κ1) is 19.9. The molecule has 0 saturated heterocycles. The molecule has 0 aliphatic carbocycles. The van der Waals surface area contributed by atoms with Gasteiger partial charge in [0, 0.05) is 11.6 Å².